The number of benzene rings is 1. The highest BCUT2D eigenvalue weighted by Gasteiger charge is 2.24. The molecule has 122 valence electrons. The fourth-order valence-electron chi connectivity index (χ4n) is 2.12. The Kier molecular flexibility index (Phi) is 5.74. The van der Waals surface area contributed by atoms with E-state index in [1.807, 2.05) is 6.92 Å². The van der Waals surface area contributed by atoms with Crippen LogP contribution in [0, 0.1) is 6.92 Å². The lowest BCUT2D eigenvalue weighted by Crippen LogP contribution is -2.33. The first kappa shape index (κ1) is 17.4. The molecule has 1 aromatic carbocycles. The summed E-state index contributed by atoms with van der Waals surface area (Å²) in [6.07, 6.45) is 1.74. The van der Waals surface area contributed by atoms with Crippen molar-refractivity contribution in [2.24, 2.45) is 0 Å². The third kappa shape index (κ3) is 4.30. The number of hydrogen-bond acceptors (Lipinski definition) is 4. The number of halogens is 1. The van der Waals surface area contributed by atoms with Crippen LogP contribution in [0.2, 0.25) is 5.02 Å². The zero-order valence-corrected chi connectivity index (χ0v) is 14.4. The van der Waals surface area contributed by atoms with Gasteiger partial charge in [-0.2, -0.15) is 0 Å². The van der Waals surface area contributed by atoms with E-state index in [-0.39, 0.29) is 0 Å². The van der Waals surface area contributed by atoms with Crippen LogP contribution in [-0.2, 0) is 11.2 Å². The Labute approximate surface area is 143 Å². The van der Waals surface area contributed by atoms with Gasteiger partial charge in [-0.05, 0) is 37.5 Å². The van der Waals surface area contributed by atoms with Crippen molar-refractivity contribution in [2.75, 3.05) is 0 Å². The zero-order valence-electron chi connectivity index (χ0n) is 12.8. The quantitative estimate of drug-likeness (QED) is 0.832. The van der Waals surface area contributed by atoms with Crippen LogP contribution in [0.5, 0.6) is 0 Å². The van der Waals surface area contributed by atoms with Crippen molar-refractivity contribution in [1.82, 2.24) is 10.3 Å². The fourth-order valence-corrected chi connectivity index (χ4v) is 3.32. The van der Waals surface area contributed by atoms with Crippen molar-refractivity contribution in [3.05, 3.63) is 50.4 Å². The average molecular weight is 353 g/mol. The minimum Gasteiger partial charge on any atom is -0.479 e. The van der Waals surface area contributed by atoms with Crippen molar-refractivity contribution in [1.29, 1.82) is 0 Å². The maximum Gasteiger partial charge on any atom is 0.330 e. The highest BCUT2D eigenvalue weighted by Crippen LogP contribution is 2.22. The number of aliphatic carboxylic acids is 1. The van der Waals surface area contributed by atoms with Gasteiger partial charge in [-0.1, -0.05) is 30.7 Å². The van der Waals surface area contributed by atoms with Crippen molar-refractivity contribution in [3.8, 4) is 0 Å². The molecule has 0 saturated heterocycles. The third-order valence-electron chi connectivity index (χ3n) is 3.24. The van der Waals surface area contributed by atoms with E-state index >= 15 is 0 Å². The molecule has 0 saturated carbocycles. The molecule has 5 nitrogen and oxygen atoms in total. The van der Waals surface area contributed by atoms with Crippen LogP contribution in [0.15, 0.2) is 24.3 Å². The van der Waals surface area contributed by atoms with Crippen molar-refractivity contribution in [3.63, 3.8) is 0 Å². The molecule has 0 bridgehead atoms. The second-order valence-electron chi connectivity index (χ2n) is 5.07. The Morgan fingerprint density at radius 3 is 2.57 bits per heavy atom. The summed E-state index contributed by atoms with van der Waals surface area (Å²) >= 11 is 7.12. The molecule has 1 heterocycles. The van der Waals surface area contributed by atoms with Gasteiger partial charge in [0.15, 0.2) is 6.04 Å². The summed E-state index contributed by atoms with van der Waals surface area (Å²) in [5.74, 6) is -1.55. The van der Waals surface area contributed by atoms with Gasteiger partial charge in [0.1, 0.15) is 4.88 Å². The van der Waals surface area contributed by atoms with Gasteiger partial charge in [0, 0.05) is 5.02 Å². The summed E-state index contributed by atoms with van der Waals surface area (Å²) in [7, 11) is 0. The Morgan fingerprint density at radius 2 is 2.00 bits per heavy atom. The molecule has 0 aliphatic rings. The number of carbonyl (C=O) groups is 2. The SMILES string of the molecule is CCCc1nc(C)c(C(=O)NC(C(=O)O)c2ccc(Cl)cc2)s1. The Hall–Kier alpha value is -1.92. The lowest BCUT2D eigenvalue weighted by molar-refractivity contribution is -0.139. The van der Waals surface area contributed by atoms with Crippen LogP contribution < -0.4 is 5.32 Å². The molecule has 1 unspecified atom stereocenters. The van der Waals surface area contributed by atoms with Crippen molar-refractivity contribution < 1.29 is 14.7 Å². The molecule has 0 aliphatic heterocycles. The third-order valence-corrected chi connectivity index (χ3v) is 4.70. The predicted octanol–water partition coefficient (Wildman–Crippen LogP) is 3.61. The first-order chi connectivity index (χ1) is 10.9. The fraction of sp³-hybridized carbons (Fsp3) is 0.312. The van der Waals surface area contributed by atoms with E-state index in [1.165, 1.54) is 11.3 Å². The molecule has 1 amide bonds. The number of amides is 1. The van der Waals surface area contributed by atoms with Crippen LogP contribution in [0.3, 0.4) is 0 Å². The molecule has 7 heteroatoms. The number of rotatable bonds is 6. The van der Waals surface area contributed by atoms with Gasteiger partial charge in [0.2, 0.25) is 0 Å². The molecule has 2 N–H and O–H groups in total. The normalized spacial score (nSPS) is 12.0. The molecule has 2 aromatic rings. The van der Waals surface area contributed by atoms with Gasteiger partial charge < -0.3 is 10.4 Å². The first-order valence-corrected chi connectivity index (χ1v) is 8.37. The summed E-state index contributed by atoms with van der Waals surface area (Å²) in [5, 5.41) is 13.3. The molecular formula is C16H17ClN2O3S. The van der Waals surface area contributed by atoms with Crippen molar-refractivity contribution in [2.45, 2.75) is 32.7 Å². The Bertz CT molecular complexity index is 713. The van der Waals surface area contributed by atoms with Crippen LogP contribution in [0.1, 0.15) is 45.3 Å². The van der Waals surface area contributed by atoms with Gasteiger partial charge in [0.25, 0.3) is 5.91 Å². The second-order valence-corrected chi connectivity index (χ2v) is 6.59. The highest BCUT2D eigenvalue weighted by molar-refractivity contribution is 7.13. The summed E-state index contributed by atoms with van der Waals surface area (Å²) in [6, 6.07) is 5.23. The topological polar surface area (TPSA) is 79.3 Å². The molecule has 23 heavy (non-hydrogen) atoms. The summed E-state index contributed by atoms with van der Waals surface area (Å²) in [6.45, 7) is 3.79. The van der Waals surface area contributed by atoms with Gasteiger partial charge in [0.05, 0.1) is 10.7 Å². The number of carboxylic acids is 1. The van der Waals surface area contributed by atoms with Crippen LogP contribution in [-0.4, -0.2) is 22.0 Å². The van der Waals surface area contributed by atoms with Crippen LogP contribution in [0.4, 0.5) is 0 Å². The number of carboxylic acid groups (broad SMARTS) is 1. The average Bonchev–Trinajstić information content (AvgIpc) is 2.86. The summed E-state index contributed by atoms with van der Waals surface area (Å²) in [5.41, 5.74) is 1.09. The van der Waals surface area contributed by atoms with E-state index in [0.717, 1.165) is 17.8 Å². The second kappa shape index (κ2) is 7.57. The number of carbonyl (C=O) groups excluding carboxylic acids is 1. The van der Waals surface area contributed by atoms with E-state index in [0.29, 0.717) is 21.2 Å². The molecule has 2 rings (SSSR count). The Balaban J connectivity index is 2.21. The van der Waals surface area contributed by atoms with E-state index in [1.54, 1.807) is 31.2 Å². The lowest BCUT2D eigenvalue weighted by atomic mass is 10.1. The number of aromatic nitrogens is 1. The largest absolute Gasteiger partial charge is 0.479 e. The lowest BCUT2D eigenvalue weighted by Gasteiger charge is -2.14. The predicted molar refractivity (Wildman–Crippen MR) is 90.1 cm³/mol. The molecule has 1 atom stereocenters. The van der Waals surface area contributed by atoms with E-state index < -0.39 is 17.9 Å². The number of thiazole rings is 1. The summed E-state index contributed by atoms with van der Waals surface area (Å²) in [4.78, 5) is 28.7. The molecule has 0 radical (unpaired) electrons. The van der Waals surface area contributed by atoms with Crippen molar-refractivity contribution >= 4 is 34.8 Å². The van der Waals surface area contributed by atoms with E-state index in [9.17, 15) is 14.7 Å². The molecule has 0 fully saturated rings. The maximum absolute atomic E-state index is 12.4. The standard InChI is InChI=1S/C16H17ClN2O3S/c1-3-4-12-18-9(2)14(23-12)15(20)19-13(16(21)22)10-5-7-11(17)8-6-10/h5-8,13H,3-4H2,1-2H3,(H,19,20)(H,21,22). The van der Waals surface area contributed by atoms with Gasteiger partial charge in [-0.15, -0.1) is 11.3 Å². The van der Waals surface area contributed by atoms with E-state index in [4.69, 9.17) is 11.6 Å². The Morgan fingerprint density at radius 1 is 1.35 bits per heavy atom. The molecule has 0 spiro atoms. The van der Waals surface area contributed by atoms with Gasteiger partial charge >= 0.3 is 5.97 Å². The van der Waals surface area contributed by atoms with Gasteiger partial charge in [-0.3, -0.25) is 4.79 Å². The molecular weight excluding hydrogens is 336 g/mol. The van der Waals surface area contributed by atoms with Gasteiger partial charge in [-0.25, -0.2) is 9.78 Å². The summed E-state index contributed by atoms with van der Waals surface area (Å²) < 4.78 is 0. The maximum atomic E-state index is 12.4. The number of aryl methyl sites for hydroxylation is 2. The van der Waals surface area contributed by atoms with Crippen LogP contribution in [0.25, 0.3) is 0 Å². The highest BCUT2D eigenvalue weighted by atomic mass is 35.5. The minimum absolute atomic E-state index is 0.426. The number of nitrogens with one attached hydrogen (secondary N) is 1. The zero-order chi connectivity index (χ0) is 17.0. The number of nitrogens with zero attached hydrogens (tertiary/aromatic N) is 1. The minimum atomic E-state index is -1.13. The smallest absolute Gasteiger partial charge is 0.330 e. The van der Waals surface area contributed by atoms with Crippen LogP contribution >= 0.6 is 22.9 Å². The monoisotopic (exact) mass is 352 g/mol. The number of hydrogen-bond donors (Lipinski definition) is 2. The van der Waals surface area contributed by atoms with E-state index in [2.05, 4.69) is 10.3 Å². The first-order valence-electron chi connectivity index (χ1n) is 7.17. The molecule has 0 aliphatic carbocycles. The molecule has 1 aromatic heterocycles.